The molecule has 0 aliphatic rings. The summed E-state index contributed by atoms with van der Waals surface area (Å²) in [6, 6.07) is 12.3. The summed E-state index contributed by atoms with van der Waals surface area (Å²) >= 11 is 0. The predicted molar refractivity (Wildman–Crippen MR) is 116 cm³/mol. The van der Waals surface area contributed by atoms with Gasteiger partial charge in [-0.25, -0.2) is 8.42 Å². The first-order valence-corrected chi connectivity index (χ1v) is 11.5. The molecular weight excluding hydrogens is 372 g/mol. The molecule has 1 amide bonds. The van der Waals surface area contributed by atoms with Crippen LogP contribution in [0.15, 0.2) is 42.5 Å². The Bertz CT molecular complexity index is 916. The third kappa shape index (κ3) is 4.93. The van der Waals surface area contributed by atoms with Crippen molar-refractivity contribution in [3.63, 3.8) is 0 Å². The van der Waals surface area contributed by atoms with Crippen molar-refractivity contribution >= 4 is 27.3 Å². The maximum atomic E-state index is 13.2. The number of aryl methyl sites for hydroxylation is 3. The van der Waals surface area contributed by atoms with E-state index in [4.69, 9.17) is 0 Å². The van der Waals surface area contributed by atoms with Gasteiger partial charge in [0, 0.05) is 5.69 Å². The second kappa shape index (κ2) is 9.24. The van der Waals surface area contributed by atoms with Crippen LogP contribution in [0.1, 0.15) is 43.9 Å². The van der Waals surface area contributed by atoms with Gasteiger partial charge in [-0.15, -0.1) is 0 Å². The van der Waals surface area contributed by atoms with Crippen molar-refractivity contribution in [2.45, 2.75) is 53.0 Å². The first-order valence-electron chi connectivity index (χ1n) is 9.70. The van der Waals surface area contributed by atoms with E-state index >= 15 is 0 Å². The van der Waals surface area contributed by atoms with Gasteiger partial charge in [0.25, 0.3) is 0 Å². The number of anilines is 2. The van der Waals surface area contributed by atoms with E-state index < -0.39 is 16.1 Å². The number of nitrogens with zero attached hydrogens (tertiary/aromatic N) is 1. The molecule has 0 radical (unpaired) electrons. The maximum absolute atomic E-state index is 13.2. The molecule has 0 spiro atoms. The fraction of sp³-hybridized carbons (Fsp3) is 0.409. The summed E-state index contributed by atoms with van der Waals surface area (Å²) in [5, 5.41) is 3.02. The lowest BCUT2D eigenvalue weighted by Crippen LogP contribution is -2.47. The highest BCUT2D eigenvalue weighted by Crippen LogP contribution is 2.27. The SMILES string of the molecule is CCc1cccc(CC)c1NC(=O)[C@H](CC)N(c1cccc(C)c1)S(C)(=O)=O. The average Bonchev–Trinajstić information content (AvgIpc) is 2.64. The van der Waals surface area contributed by atoms with Crippen LogP contribution in [0.3, 0.4) is 0 Å². The van der Waals surface area contributed by atoms with Crippen molar-refractivity contribution in [3.05, 3.63) is 59.2 Å². The zero-order valence-electron chi connectivity index (χ0n) is 17.3. The molecule has 1 atom stereocenters. The van der Waals surface area contributed by atoms with Crippen LogP contribution in [0.4, 0.5) is 11.4 Å². The van der Waals surface area contributed by atoms with E-state index in [-0.39, 0.29) is 5.91 Å². The largest absolute Gasteiger partial charge is 0.324 e. The van der Waals surface area contributed by atoms with Crippen LogP contribution < -0.4 is 9.62 Å². The van der Waals surface area contributed by atoms with Crippen molar-refractivity contribution < 1.29 is 13.2 Å². The lowest BCUT2D eigenvalue weighted by molar-refractivity contribution is -0.117. The topological polar surface area (TPSA) is 66.5 Å². The summed E-state index contributed by atoms with van der Waals surface area (Å²) in [6.07, 6.45) is 3.08. The molecule has 0 saturated carbocycles. The number of hydrogen-bond acceptors (Lipinski definition) is 3. The monoisotopic (exact) mass is 402 g/mol. The Morgan fingerprint density at radius 1 is 1.04 bits per heavy atom. The maximum Gasteiger partial charge on any atom is 0.248 e. The summed E-state index contributed by atoms with van der Waals surface area (Å²) in [6.45, 7) is 7.80. The van der Waals surface area contributed by atoms with Gasteiger partial charge in [-0.1, -0.05) is 51.1 Å². The summed E-state index contributed by atoms with van der Waals surface area (Å²) in [4.78, 5) is 13.2. The molecule has 2 aromatic carbocycles. The average molecular weight is 403 g/mol. The smallest absolute Gasteiger partial charge is 0.248 e. The quantitative estimate of drug-likeness (QED) is 0.716. The molecule has 0 saturated heterocycles. The number of nitrogens with one attached hydrogen (secondary N) is 1. The van der Waals surface area contributed by atoms with Gasteiger partial charge in [-0.2, -0.15) is 0 Å². The van der Waals surface area contributed by atoms with Crippen molar-refractivity contribution in [1.82, 2.24) is 0 Å². The van der Waals surface area contributed by atoms with Gasteiger partial charge in [0.05, 0.1) is 11.9 Å². The molecule has 0 aliphatic carbocycles. The van der Waals surface area contributed by atoms with Crippen LogP contribution in [0, 0.1) is 6.92 Å². The normalized spacial score (nSPS) is 12.5. The Labute approximate surface area is 168 Å². The Hall–Kier alpha value is -2.34. The summed E-state index contributed by atoms with van der Waals surface area (Å²) < 4.78 is 26.4. The third-order valence-corrected chi connectivity index (χ3v) is 6.01. The standard InChI is InChI=1S/C22H30N2O3S/c1-6-17-12-10-13-18(7-2)21(17)23-22(25)20(8-3)24(28(5,26)27)19-14-9-11-16(4)15-19/h9-15,20H,6-8H2,1-5H3,(H,23,25)/t20-/m0/s1. The minimum atomic E-state index is -3.64. The Morgan fingerprint density at radius 3 is 2.07 bits per heavy atom. The van der Waals surface area contributed by atoms with E-state index in [1.165, 1.54) is 4.31 Å². The molecule has 0 aliphatic heterocycles. The van der Waals surface area contributed by atoms with Crippen molar-refractivity contribution in [3.8, 4) is 0 Å². The molecule has 5 nitrogen and oxygen atoms in total. The molecule has 0 aromatic heterocycles. The van der Waals surface area contributed by atoms with E-state index in [2.05, 4.69) is 5.32 Å². The molecule has 28 heavy (non-hydrogen) atoms. The van der Waals surface area contributed by atoms with E-state index in [0.717, 1.165) is 41.5 Å². The van der Waals surface area contributed by atoms with Gasteiger partial charge < -0.3 is 5.32 Å². The van der Waals surface area contributed by atoms with Crippen LogP contribution in [-0.4, -0.2) is 26.6 Å². The first-order chi connectivity index (χ1) is 13.2. The van der Waals surface area contributed by atoms with Crippen molar-refractivity contribution in [2.75, 3.05) is 15.9 Å². The minimum absolute atomic E-state index is 0.315. The van der Waals surface area contributed by atoms with Crippen LogP contribution in [0.25, 0.3) is 0 Å². The highest BCUT2D eigenvalue weighted by atomic mass is 32.2. The highest BCUT2D eigenvalue weighted by molar-refractivity contribution is 7.92. The van der Waals surface area contributed by atoms with Gasteiger partial charge in [-0.3, -0.25) is 9.10 Å². The van der Waals surface area contributed by atoms with Gasteiger partial charge in [0.15, 0.2) is 0 Å². The summed E-state index contributed by atoms with van der Waals surface area (Å²) in [7, 11) is -3.64. The number of carbonyl (C=O) groups is 1. The highest BCUT2D eigenvalue weighted by Gasteiger charge is 2.32. The van der Waals surface area contributed by atoms with E-state index in [0.29, 0.717) is 12.1 Å². The number of sulfonamides is 1. The number of hydrogen-bond donors (Lipinski definition) is 1. The van der Waals surface area contributed by atoms with Crippen LogP contribution in [0.5, 0.6) is 0 Å². The Balaban J connectivity index is 2.46. The number of amides is 1. The molecule has 2 rings (SSSR count). The van der Waals surface area contributed by atoms with E-state index in [9.17, 15) is 13.2 Å². The molecule has 0 fully saturated rings. The van der Waals surface area contributed by atoms with Crippen LogP contribution >= 0.6 is 0 Å². The molecule has 152 valence electrons. The number of benzene rings is 2. The third-order valence-electron chi connectivity index (χ3n) is 4.83. The second-order valence-electron chi connectivity index (χ2n) is 6.97. The fourth-order valence-corrected chi connectivity index (χ4v) is 4.64. The van der Waals surface area contributed by atoms with Crippen LogP contribution in [-0.2, 0) is 27.7 Å². The Morgan fingerprint density at radius 2 is 1.61 bits per heavy atom. The van der Waals surface area contributed by atoms with Gasteiger partial charge in [0.2, 0.25) is 15.9 Å². The van der Waals surface area contributed by atoms with Crippen LogP contribution in [0.2, 0.25) is 0 Å². The van der Waals surface area contributed by atoms with E-state index in [1.54, 1.807) is 18.2 Å². The predicted octanol–water partition coefficient (Wildman–Crippen LogP) is 4.30. The number of para-hydroxylation sites is 1. The Kier molecular flexibility index (Phi) is 7.24. The number of rotatable bonds is 8. The first kappa shape index (κ1) is 22.0. The molecule has 2 aromatic rings. The fourth-order valence-electron chi connectivity index (χ4n) is 3.43. The molecule has 0 unspecified atom stereocenters. The van der Waals surface area contributed by atoms with Gasteiger partial charge in [-0.05, 0) is 55.0 Å². The lowest BCUT2D eigenvalue weighted by atomic mass is 10.0. The molecule has 0 bridgehead atoms. The second-order valence-corrected chi connectivity index (χ2v) is 8.83. The minimum Gasteiger partial charge on any atom is -0.324 e. The van der Waals surface area contributed by atoms with Gasteiger partial charge in [0.1, 0.15) is 6.04 Å². The zero-order valence-corrected chi connectivity index (χ0v) is 18.1. The van der Waals surface area contributed by atoms with Gasteiger partial charge >= 0.3 is 0 Å². The van der Waals surface area contributed by atoms with Crippen molar-refractivity contribution in [2.24, 2.45) is 0 Å². The molecule has 6 heteroatoms. The summed E-state index contributed by atoms with van der Waals surface area (Å²) in [5.74, 6) is -0.315. The molecule has 1 N–H and O–H groups in total. The molecule has 0 heterocycles. The summed E-state index contributed by atoms with van der Waals surface area (Å²) in [5.41, 5.74) is 4.33. The lowest BCUT2D eigenvalue weighted by Gasteiger charge is -2.30. The zero-order chi connectivity index (χ0) is 20.9. The van der Waals surface area contributed by atoms with E-state index in [1.807, 2.05) is 52.0 Å². The van der Waals surface area contributed by atoms with Crippen molar-refractivity contribution in [1.29, 1.82) is 0 Å². The molecular formula is C22H30N2O3S. The number of carbonyl (C=O) groups excluding carboxylic acids is 1.